The lowest BCUT2D eigenvalue weighted by atomic mass is 10.0. The van der Waals surface area contributed by atoms with Gasteiger partial charge in [0.25, 0.3) is 0 Å². The molecule has 0 aliphatic carbocycles. The number of pyridine rings is 1. The number of cyclic esters (lactones) is 1. The molecule has 10 nitrogen and oxygen atoms in total. The van der Waals surface area contributed by atoms with Gasteiger partial charge < -0.3 is 4.74 Å². The highest BCUT2D eigenvalue weighted by molar-refractivity contribution is 5.94. The molecule has 0 spiro atoms. The van der Waals surface area contributed by atoms with E-state index in [2.05, 4.69) is 31.7 Å². The molecule has 2 aliphatic rings. The normalized spacial score (nSPS) is 19.6. The van der Waals surface area contributed by atoms with Crippen molar-refractivity contribution in [2.45, 2.75) is 25.1 Å². The minimum Gasteiger partial charge on any atom is -0.442 e. The van der Waals surface area contributed by atoms with Crippen molar-refractivity contribution in [1.29, 1.82) is 0 Å². The first kappa shape index (κ1) is 16.8. The Morgan fingerprint density at radius 2 is 1.90 bits per heavy atom. The number of hydrogen-bond donors (Lipinski definition) is 0. The number of ether oxygens (including phenoxy) is 1. The van der Waals surface area contributed by atoms with Crippen molar-refractivity contribution in [1.82, 2.24) is 35.0 Å². The first-order chi connectivity index (χ1) is 14.8. The average Bonchev–Trinajstić information content (AvgIpc) is 3.56. The van der Waals surface area contributed by atoms with Crippen molar-refractivity contribution >= 4 is 11.8 Å². The van der Waals surface area contributed by atoms with Crippen LogP contribution in [0.4, 0.5) is 10.5 Å². The molecule has 10 heteroatoms. The lowest BCUT2D eigenvalue weighted by Gasteiger charge is -2.16. The molecule has 0 unspecified atom stereocenters. The number of anilines is 1. The van der Waals surface area contributed by atoms with Gasteiger partial charge in [-0.2, -0.15) is 0 Å². The van der Waals surface area contributed by atoms with Crippen LogP contribution in [-0.2, 0) is 17.7 Å². The topological polar surface area (TPSA) is 104 Å². The fourth-order valence-electron chi connectivity index (χ4n) is 4.15. The fourth-order valence-corrected chi connectivity index (χ4v) is 4.15. The molecule has 0 N–H and O–H groups in total. The zero-order valence-corrected chi connectivity index (χ0v) is 15.7. The van der Waals surface area contributed by atoms with E-state index in [9.17, 15) is 4.79 Å². The molecule has 3 aromatic heterocycles. The summed E-state index contributed by atoms with van der Waals surface area (Å²) in [5, 5.41) is 15.6. The monoisotopic (exact) mass is 400 g/mol. The number of aromatic nitrogens is 7. The van der Waals surface area contributed by atoms with Gasteiger partial charge >= 0.3 is 6.09 Å². The van der Waals surface area contributed by atoms with Crippen LogP contribution in [0.25, 0.3) is 16.9 Å². The van der Waals surface area contributed by atoms with E-state index < -0.39 is 0 Å². The van der Waals surface area contributed by atoms with Gasteiger partial charge in [0.05, 0.1) is 36.9 Å². The van der Waals surface area contributed by atoms with Crippen LogP contribution >= 0.6 is 0 Å². The Labute approximate surface area is 170 Å². The maximum Gasteiger partial charge on any atom is 0.415 e. The van der Waals surface area contributed by atoms with Gasteiger partial charge in [0.2, 0.25) is 0 Å². The third-order valence-electron chi connectivity index (χ3n) is 5.56. The van der Waals surface area contributed by atoms with E-state index in [1.54, 1.807) is 39.1 Å². The Morgan fingerprint density at radius 1 is 1.03 bits per heavy atom. The number of fused-ring (bicyclic) bond motifs is 3. The molecule has 30 heavy (non-hydrogen) atoms. The summed E-state index contributed by atoms with van der Waals surface area (Å²) in [6.45, 7) is 0.488. The average molecular weight is 400 g/mol. The predicted octanol–water partition coefficient (Wildman–Crippen LogP) is 1.87. The van der Waals surface area contributed by atoms with Crippen molar-refractivity contribution < 1.29 is 9.53 Å². The summed E-state index contributed by atoms with van der Waals surface area (Å²) in [5.41, 5.74) is 4.07. The Hall–Kier alpha value is -4.08. The van der Waals surface area contributed by atoms with Gasteiger partial charge in [0, 0.05) is 18.0 Å². The Bertz CT molecular complexity index is 1200. The quantitative estimate of drug-likeness (QED) is 0.515. The minimum atomic E-state index is -0.310. The highest BCUT2D eigenvalue weighted by Gasteiger charge is 2.47. The van der Waals surface area contributed by atoms with Gasteiger partial charge in [-0.1, -0.05) is 16.5 Å². The van der Waals surface area contributed by atoms with Gasteiger partial charge in [-0.05, 0) is 41.8 Å². The highest BCUT2D eigenvalue weighted by Crippen LogP contribution is 2.40. The maximum absolute atomic E-state index is 12.5. The Morgan fingerprint density at radius 3 is 2.67 bits per heavy atom. The summed E-state index contributed by atoms with van der Waals surface area (Å²) in [7, 11) is 0. The van der Waals surface area contributed by atoms with Crippen molar-refractivity contribution in [3.63, 3.8) is 0 Å². The van der Waals surface area contributed by atoms with Crippen molar-refractivity contribution in [2.24, 2.45) is 0 Å². The van der Waals surface area contributed by atoms with Crippen molar-refractivity contribution in [3.8, 4) is 16.9 Å². The van der Waals surface area contributed by atoms with Gasteiger partial charge in [0.15, 0.2) is 5.82 Å². The van der Waals surface area contributed by atoms with Crippen LogP contribution in [0.15, 0.2) is 61.3 Å². The van der Waals surface area contributed by atoms with Crippen LogP contribution in [0.2, 0.25) is 0 Å². The van der Waals surface area contributed by atoms with Gasteiger partial charge in [-0.3, -0.25) is 4.90 Å². The van der Waals surface area contributed by atoms with E-state index in [-0.39, 0.29) is 18.2 Å². The van der Waals surface area contributed by atoms with E-state index in [1.165, 1.54) is 0 Å². The second kappa shape index (κ2) is 6.48. The van der Waals surface area contributed by atoms with E-state index in [1.807, 2.05) is 30.5 Å². The van der Waals surface area contributed by atoms with Crippen molar-refractivity contribution in [3.05, 3.63) is 66.9 Å². The van der Waals surface area contributed by atoms with Crippen LogP contribution < -0.4 is 4.90 Å². The molecular weight excluding hydrogens is 384 g/mol. The molecule has 0 bridgehead atoms. The van der Waals surface area contributed by atoms with Crippen LogP contribution in [0.5, 0.6) is 0 Å². The molecular formula is C20H16N8O2. The van der Waals surface area contributed by atoms with Gasteiger partial charge in [-0.15, -0.1) is 10.2 Å². The number of amides is 1. The maximum atomic E-state index is 12.5. The van der Waals surface area contributed by atoms with E-state index in [4.69, 9.17) is 4.74 Å². The molecule has 0 saturated carbocycles. The first-order valence-electron chi connectivity index (χ1n) is 9.56. The number of benzene rings is 1. The predicted molar refractivity (Wildman–Crippen MR) is 105 cm³/mol. The fraction of sp³-hybridized carbons (Fsp3) is 0.200. The molecule has 1 aromatic carbocycles. The van der Waals surface area contributed by atoms with Crippen molar-refractivity contribution in [2.75, 3.05) is 4.90 Å². The summed E-state index contributed by atoms with van der Waals surface area (Å²) in [6.07, 6.45) is 8.73. The van der Waals surface area contributed by atoms with Gasteiger partial charge in [0.1, 0.15) is 6.10 Å². The number of rotatable bonds is 4. The molecule has 6 rings (SSSR count). The molecule has 5 heterocycles. The number of carbonyl (C=O) groups is 1. The standard InChI is InChI=1S/C20H16N8O2/c29-20-28-16-3-1-13(14-2-4-19(21-11-14)27-8-6-23-25-27)9-15(16)10-17(28)18(30-20)12-26-7-5-22-24-26/h1-9,11,17-18H,10,12H2/t17-,18-/m0/s1. The summed E-state index contributed by atoms with van der Waals surface area (Å²) < 4.78 is 8.90. The lowest BCUT2D eigenvalue weighted by Crippen LogP contribution is -2.35. The van der Waals surface area contributed by atoms with Gasteiger partial charge in [-0.25, -0.2) is 19.1 Å². The molecule has 1 saturated heterocycles. The minimum absolute atomic E-state index is 0.0419. The molecule has 2 aliphatic heterocycles. The SMILES string of the molecule is O=C1O[C@@H](Cn2ccnn2)[C@@H]2Cc3cc(-c4ccc(-n5ccnn5)nc4)ccc3N12. The van der Waals surface area contributed by atoms with E-state index in [0.29, 0.717) is 12.4 Å². The van der Waals surface area contributed by atoms with E-state index >= 15 is 0 Å². The summed E-state index contributed by atoms with van der Waals surface area (Å²) in [4.78, 5) is 18.7. The van der Waals surface area contributed by atoms with Crippen LogP contribution in [0.1, 0.15) is 5.56 Å². The number of carbonyl (C=O) groups excluding carboxylic acids is 1. The molecule has 0 radical (unpaired) electrons. The highest BCUT2D eigenvalue weighted by atomic mass is 16.6. The zero-order chi connectivity index (χ0) is 20.1. The smallest absolute Gasteiger partial charge is 0.415 e. The second-order valence-electron chi connectivity index (χ2n) is 7.28. The molecule has 148 valence electrons. The lowest BCUT2D eigenvalue weighted by molar-refractivity contribution is 0.117. The Balaban J connectivity index is 1.27. The molecule has 2 atom stereocenters. The van der Waals surface area contributed by atoms with E-state index in [0.717, 1.165) is 28.8 Å². The van der Waals surface area contributed by atoms with Crippen LogP contribution in [0, 0.1) is 0 Å². The zero-order valence-electron chi connectivity index (χ0n) is 15.7. The van der Waals surface area contributed by atoms with Crippen LogP contribution in [0.3, 0.4) is 0 Å². The molecule has 1 fully saturated rings. The molecule has 1 amide bonds. The summed E-state index contributed by atoms with van der Waals surface area (Å²) >= 11 is 0. The Kier molecular flexibility index (Phi) is 3.63. The first-order valence-corrected chi connectivity index (χ1v) is 9.56. The third-order valence-corrected chi connectivity index (χ3v) is 5.56. The molecule has 4 aromatic rings. The largest absolute Gasteiger partial charge is 0.442 e. The number of hydrogen-bond acceptors (Lipinski definition) is 7. The second-order valence-corrected chi connectivity index (χ2v) is 7.28. The number of nitrogens with zero attached hydrogens (tertiary/aromatic N) is 8. The van der Waals surface area contributed by atoms with Crippen LogP contribution in [-0.4, -0.2) is 53.2 Å². The summed E-state index contributed by atoms with van der Waals surface area (Å²) in [6, 6.07) is 9.98. The summed E-state index contributed by atoms with van der Waals surface area (Å²) in [5.74, 6) is 0.705. The third kappa shape index (κ3) is 2.65.